The summed E-state index contributed by atoms with van der Waals surface area (Å²) >= 11 is 0. The van der Waals surface area contributed by atoms with Gasteiger partial charge in [0, 0.05) is 22.5 Å². The quantitative estimate of drug-likeness (QED) is 0.219. The smallest absolute Gasteiger partial charge is 0.137 e. The Balaban J connectivity index is 1.20. The van der Waals surface area contributed by atoms with Crippen LogP contribution >= 0.6 is 0 Å². The van der Waals surface area contributed by atoms with Gasteiger partial charge in [-0.05, 0) is 94.0 Å². The van der Waals surface area contributed by atoms with Crippen molar-refractivity contribution in [3.8, 4) is 39.2 Å². The highest BCUT2D eigenvalue weighted by Crippen LogP contribution is 2.36. The van der Waals surface area contributed by atoms with Crippen LogP contribution in [-0.2, 0) is 0 Å². The molecule has 0 fully saturated rings. The first-order chi connectivity index (χ1) is 20.7. The molecule has 0 bridgehead atoms. The van der Waals surface area contributed by atoms with E-state index in [0.29, 0.717) is 0 Å². The van der Waals surface area contributed by atoms with Gasteiger partial charge in [-0.2, -0.15) is 0 Å². The molecule has 0 saturated carbocycles. The molecule has 198 valence electrons. The van der Waals surface area contributed by atoms with E-state index in [0.717, 1.165) is 16.9 Å². The van der Waals surface area contributed by atoms with Gasteiger partial charge in [0.2, 0.25) is 0 Å². The number of hydrogen-bond donors (Lipinski definition) is 0. The monoisotopic (exact) mass is 536 g/mol. The van der Waals surface area contributed by atoms with Crippen LogP contribution in [0, 0.1) is 6.92 Å². The van der Waals surface area contributed by atoms with Crippen molar-refractivity contribution in [2.75, 3.05) is 0 Å². The van der Waals surface area contributed by atoms with E-state index >= 15 is 0 Å². The fourth-order valence-electron chi connectivity index (χ4n) is 6.14. The van der Waals surface area contributed by atoms with Gasteiger partial charge in [-0.15, -0.1) is 0 Å². The van der Waals surface area contributed by atoms with E-state index < -0.39 is 0 Å². The van der Waals surface area contributed by atoms with E-state index in [2.05, 4.69) is 157 Å². The summed E-state index contributed by atoms with van der Waals surface area (Å²) in [7, 11) is 0. The Labute approximate surface area is 245 Å². The second kappa shape index (κ2) is 9.87. The van der Waals surface area contributed by atoms with E-state index in [9.17, 15) is 0 Å². The number of nitrogens with zero attached hydrogens (tertiary/aromatic N) is 2. The Hall–Kier alpha value is -5.47. The van der Waals surface area contributed by atoms with Crippen LogP contribution in [0.25, 0.3) is 71.8 Å². The Kier molecular flexibility index (Phi) is 5.72. The number of aryl methyl sites for hydroxylation is 1. The van der Waals surface area contributed by atoms with E-state index in [4.69, 9.17) is 4.98 Å². The standard InChI is InChI=1S/C40H28N2/c1-27-17-19-38-36(21-27)37-24-33-11-5-6-12-34(33)25-39(37)42(38)40-20-18-35(26-41-40)32-16-8-15-31(23-32)30-14-7-13-29(22-30)28-9-3-2-4-10-28/h2-26H,1H3. The van der Waals surface area contributed by atoms with Gasteiger partial charge in [-0.3, -0.25) is 4.57 Å². The number of fused-ring (bicyclic) bond motifs is 4. The van der Waals surface area contributed by atoms with Gasteiger partial charge in [0.05, 0.1) is 11.0 Å². The molecule has 42 heavy (non-hydrogen) atoms. The van der Waals surface area contributed by atoms with Crippen LogP contribution in [0.5, 0.6) is 0 Å². The summed E-state index contributed by atoms with van der Waals surface area (Å²) < 4.78 is 2.30. The first-order valence-corrected chi connectivity index (χ1v) is 14.4. The van der Waals surface area contributed by atoms with Gasteiger partial charge in [0.25, 0.3) is 0 Å². The molecule has 0 atom stereocenters. The fraction of sp³-hybridized carbons (Fsp3) is 0.0250. The zero-order valence-corrected chi connectivity index (χ0v) is 23.3. The van der Waals surface area contributed by atoms with Gasteiger partial charge >= 0.3 is 0 Å². The molecule has 8 aromatic rings. The largest absolute Gasteiger partial charge is 0.294 e. The second-order valence-electron chi connectivity index (χ2n) is 11.0. The van der Waals surface area contributed by atoms with E-state index in [1.165, 1.54) is 60.4 Å². The molecule has 0 spiro atoms. The lowest BCUT2D eigenvalue weighted by atomic mass is 9.97. The molecule has 2 nitrogen and oxygen atoms in total. The molecule has 8 rings (SSSR count). The molecule has 0 N–H and O–H groups in total. The lowest BCUT2D eigenvalue weighted by Gasteiger charge is -2.10. The number of hydrogen-bond acceptors (Lipinski definition) is 1. The summed E-state index contributed by atoms with van der Waals surface area (Å²) in [6, 6.07) is 52.2. The Morgan fingerprint density at radius 3 is 1.71 bits per heavy atom. The highest BCUT2D eigenvalue weighted by Gasteiger charge is 2.15. The van der Waals surface area contributed by atoms with Gasteiger partial charge in [-0.1, -0.05) is 103 Å². The van der Waals surface area contributed by atoms with Crippen LogP contribution < -0.4 is 0 Å². The molecule has 0 amide bonds. The minimum Gasteiger partial charge on any atom is -0.294 e. The predicted octanol–water partition coefficient (Wildman–Crippen LogP) is 10.6. The van der Waals surface area contributed by atoms with Crippen molar-refractivity contribution >= 4 is 32.6 Å². The number of rotatable bonds is 4. The average Bonchev–Trinajstić information content (AvgIpc) is 3.36. The zero-order chi connectivity index (χ0) is 28.0. The molecule has 0 unspecified atom stereocenters. The van der Waals surface area contributed by atoms with E-state index in [1.54, 1.807) is 0 Å². The number of aromatic nitrogens is 2. The fourth-order valence-corrected chi connectivity index (χ4v) is 6.14. The molecule has 0 radical (unpaired) electrons. The van der Waals surface area contributed by atoms with Crippen molar-refractivity contribution in [2.24, 2.45) is 0 Å². The van der Waals surface area contributed by atoms with Crippen molar-refractivity contribution in [3.63, 3.8) is 0 Å². The first-order valence-electron chi connectivity index (χ1n) is 14.4. The Morgan fingerprint density at radius 1 is 0.429 bits per heavy atom. The summed E-state index contributed by atoms with van der Waals surface area (Å²) in [5, 5.41) is 4.99. The maximum absolute atomic E-state index is 5.02. The van der Waals surface area contributed by atoms with E-state index in [-0.39, 0.29) is 0 Å². The Bertz CT molecular complexity index is 2240. The zero-order valence-electron chi connectivity index (χ0n) is 23.3. The lowest BCUT2D eigenvalue weighted by molar-refractivity contribution is 1.08. The maximum atomic E-state index is 5.02. The molecule has 2 heteroatoms. The summed E-state index contributed by atoms with van der Waals surface area (Å²) in [6.07, 6.45) is 2.00. The van der Waals surface area contributed by atoms with Crippen LogP contribution in [-0.4, -0.2) is 9.55 Å². The molecule has 0 aliphatic heterocycles. The first kappa shape index (κ1) is 24.3. The minimum atomic E-state index is 0.921. The van der Waals surface area contributed by atoms with Crippen molar-refractivity contribution in [1.29, 1.82) is 0 Å². The third kappa shape index (κ3) is 4.17. The van der Waals surface area contributed by atoms with Crippen molar-refractivity contribution in [2.45, 2.75) is 6.92 Å². The van der Waals surface area contributed by atoms with Gasteiger partial charge in [0.15, 0.2) is 0 Å². The highest BCUT2D eigenvalue weighted by atomic mass is 15.1. The third-order valence-corrected chi connectivity index (χ3v) is 8.26. The van der Waals surface area contributed by atoms with Crippen LogP contribution in [0.2, 0.25) is 0 Å². The molecular weight excluding hydrogens is 508 g/mol. The highest BCUT2D eigenvalue weighted by molar-refractivity contribution is 6.13. The molecule has 6 aromatic carbocycles. The molecular formula is C40H28N2. The van der Waals surface area contributed by atoms with Crippen LogP contribution in [0.4, 0.5) is 0 Å². The second-order valence-corrected chi connectivity index (χ2v) is 11.0. The topological polar surface area (TPSA) is 17.8 Å². The molecule has 0 saturated heterocycles. The molecule has 0 aliphatic rings. The molecule has 2 aromatic heterocycles. The summed E-state index contributed by atoms with van der Waals surface area (Å²) in [6.45, 7) is 2.16. The number of pyridine rings is 1. The summed E-state index contributed by atoms with van der Waals surface area (Å²) in [5.74, 6) is 0.921. The normalized spacial score (nSPS) is 11.5. The SMILES string of the molecule is Cc1ccc2c(c1)c1cc3ccccc3cc1n2-c1ccc(-c2cccc(-c3cccc(-c4ccccc4)c3)c2)cn1. The minimum absolute atomic E-state index is 0.921. The van der Waals surface area contributed by atoms with Gasteiger partial charge in [-0.25, -0.2) is 4.98 Å². The Morgan fingerprint density at radius 2 is 1.02 bits per heavy atom. The molecule has 0 aliphatic carbocycles. The van der Waals surface area contributed by atoms with Crippen LogP contribution in [0.1, 0.15) is 5.56 Å². The number of benzene rings is 6. The average molecular weight is 537 g/mol. The summed E-state index contributed by atoms with van der Waals surface area (Å²) in [5.41, 5.74) is 10.7. The van der Waals surface area contributed by atoms with Crippen LogP contribution in [0.15, 0.2) is 152 Å². The van der Waals surface area contributed by atoms with Gasteiger partial charge in [0.1, 0.15) is 5.82 Å². The van der Waals surface area contributed by atoms with Crippen molar-refractivity contribution < 1.29 is 0 Å². The molecule has 2 heterocycles. The predicted molar refractivity (Wildman–Crippen MR) is 177 cm³/mol. The third-order valence-electron chi connectivity index (χ3n) is 8.26. The van der Waals surface area contributed by atoms with Crippen LogP contribution in [0.3, 0.4) is 0 Å². The summed E-state index contributed by atoms with van der Waals surface area (Å²) in [4.78, 5) is 5.02. The van der Waals surface area contributed by atoms with Gasteiger partial charge < -0.3 is 0 Å². The maximum Gasteiger partial charge on any atom is 0.137 e. The van der Waals surface area contributed by atoms with E-state index in [1.807, 2.05) is 6.20 Å². The van der Waals surface area contributed by atoms with Crippen molar-refractivity contribution in [3.05, 3.63) is 157 Å². The lowest BCUT2D eigenvalue weighted by Crippen LogP contribution is -1.97. The van der Waals surface area contributed by atoms with Crippen molar-refractivity contribution in [1.82, 2.24) is 9.55 Å².